The zero-order chi connectivity index (χ0) is 16.7. The molecular weight excluding hydrogens is 311 g/mol. The Morgan fingerprint density at radius 1 is 1.26 bits per heavy atom. The summed E-state index contributed by atoms with van der Waals surface area (Å²) in [6.45, 7) is 1.89. The fourth-order valence-corrected chi connectivity index (χ4v) is 2.95. The summed E-state index contributed by atoms with van der Waals surface area (Å²) in [6, 6.07) is 15.6. The summed E-state index contributed by atoms with van der Waals surface area (Å²) in [5, 5.41) is 11.7. The third-order valence-corrected chi connectivity index (χ3v) is 4.39. The lowest BCUT2D eigenvalue weighted by molar-refractivity contribution is -0.121. The molecule has 0 bridgehead atoms. The first-order chi connectivity index (χ1) is 11.1. The third-order valence-electron chi connectivity index (χ3n) is 3.34. The molecule has 0 spiro atoms. The smallest absolute Gasteiger partial charge is 0.221 e. The minimum atomic E-state index is -0.260. The van der Waals surface area contributed by atoms with Crippen LogP contribution in [0.2, 0.25) is 0 Å². The Labute approximate surface area is 139 Å². The summed E-state index contributed by atoms with van der Waals surface area (Å²) < 4.78 is 13.5. The standard InChI is InChI=1S/C18H17FN2OS/c1-13(15-8-6-14(12-20)7-9-15)21-18(22)10-11-23-17-5-3-2-4-16(17)19/h2-9,13H,10-11H2,1H3,(H,21,22). The molecule has 0 heterocycles. The van der Waals surface area contributed by atoms with Crippen molar-refractivity contribution < 1.29 is 9.18 Å². The van der Waals surface area contributed by atoms with Crippen molar-refractivity contribution >= 4 is 17.7 Å². The lowest BCUT2D eigenvalue weighted by atomic mass is 10.1. The van der Waals surface area contributed by atoms with Gasteiger partial charge in [0, 0.05) is 17.1 Å². The predicted molar refractivity (Wildman–Crippen MR) is 89.5 cm³/mol. The van der Waals surface area contributed by atoms with Crippen LogP contribution in [0.5, 0.6) is 0 Å². The second kappa shape index (κ2) is 8.35. The molecule has 0 radical (unpaired) electrons. The van der Waals surface area contributed by atoms with Crippen molar-refractivity contribution in [1.82, 2.24) is 5.32 Å². The van der Waals surface area contributed by atoms with Crippen LogP contribution >= 0.6 is 11.8 Å². The van der Waals surface area contributed by atoms with Crippen molar-refractivity contribution in [2.24, 2.45) is 0 Å². The lowest BCUT2D eigenvalue weighted by Gasteiger charge is -2.14. The van der Waals surface area contributed by atoms with Gasteiger partial charge in [0.2, 0.25) is 5.91 Å². The molecule has 23 heavy (non-hydrogen) atoms. The van der Waals surface area contributed by atoms with Gasteiger partial charge in [-0.15, -0.1) is 11.8 Å². The molecule has 0 aliphatic heterocycles. The summed E-state index contributed by atoms with van der Waals surface area (Å²) in [7, 11) is 0. The zero-order valence-corrected chi connectivity index (χ0v) is 13.6. The van der Waals surface area contributed by atoms with Gasteiger partial charge in [-0.2, -0.15) is 5.26 Å². The van der Waals surface area contributed by atoms with Gasteiger partial charge in [0.1, 0.15) is 5.82 Å². The lowest BCUT2D eigenvalue weighted by Crippen LogP contribution is -2.26. The average molecular weight is 328 g/mol. The number of benzene rings is 2. The second-order valence-electron chi connectivity index (χ2n) is 5.05. The van der Waals surface area contributed by atoms with E-state index in [2.05, 4.69) is 11.4 Å². The number of carbonyl (C=O) groups excluding carboxylic acids is 1. The van der Waals surface area contributed by atoms with Crippen molar-refractivity contribution in [3.63, 3.8) is 0 Å². The number of hydrogen-bond acceptors (Lipinski definition) is 3. The Bertz CT molecular complexity index is 710. The SMILES string of the molecule is CC(NC(=O)CCSc1ccccc1F)c1ccc(C#N)cc1. The number of hydrogen-bond donors (Lipinski definition) is 1. The minimum absolute atomic E-state index is 0.0781. The van der Waals surface area contributed by atoms with E-state index in [-0.39, 0.29) is 17.8 Å². The Hall–Kier alpha value is -2.32. The number of carbonyl (C=O) groups is 1. The maximum absolute atomic E-state index is 13.5. The Morgan fingerprint density at radius 3 is 2.61 bits per heavy atom. The van der Waals surface area contributed by atoms with E-state index in [9.17, 15) is 9.18 Å². The number of thioether (sulfide) groups is 1. The molecule has 1 amide bonds. The zero-order valence-electron chi connectivity index (χ0n) is 12.8. The summed E-state index contributed by atoms with van der Waals surface area (Å²) in [5.74, 6) is 0.182. The highest BCUT2D eigenvalue weighted by Crippen LogP contribution is 2.22. The van der Waals surface area contributed by atoms with Crippen LogP contribution in [0.15, 0.2) is 53.4 Å². The highest BCUT2D eigenvalue weighted by molar-refractivity contribution is 7.99. The molecule has 0 saturated carbocycles. The highest BCUT2D eigenvalue weighted by atomic mass is 32.2. The summed E-state index contributed by atoms with van der Waals surface area (Å²) in [4.78, 5) is 12.5. The molecule has 2 rings (SSSR count). The van der Waals surface area contributed by atoms with Gasteiger partial charge in [-0.25, -0.2) is 4.39 Å². The summed E-state index contributed by atoms with van der Waals surface area (Å²) in [5.41, 5.74) is 1.53. The van der Waals surface area contributed by atoms with Crippen molar-refractivity contribution in [2.45, 2.75) is 24.3 Å². The highest BCUT2D eigenvalue weighted by Gasteiger charge is 2.10. The van der Waals surface area contributed by atoms with Crippen LogP contribution in [-0.2, 0) is 4.79 Å². The Kier molecular flexibility index (Phi) is 6.19. The number of halogens is 1. The maximum atomic E-state index is 13.5. The summed E-state index contributed by atoms with van der Waals surface area (Å²) in [6.07, 6.45) is 0.319. The van der Waals surface area contributed by atoms with Gasteiger partial charge in [0.25, 0.3) is 0 Å². The van der Waals surface area contributed by atoms with Crippen molar-refractivity contribution in [1.29, 1.82) is 5.26 Å². The minimum Gasteiger partial charge on any atom is -0.350 e. The quantitative estimate of drug-likeness (QED) is 0.814. The van der Waals surface area contributed by atoms with E-state index < -0.39 is 0 Å². The van der Waals surface area contributed by atoms with Gasteiger partial charge in [0.05, 0.1) is 17.7 Å². The van der Waals surface area contributed by atoms with Crippen LogP contribution in [0.1, 0.15) is 30.5 Å². The summed E-state index contributed by atoms with van der Waals surface area (Å²) >= 11 is 1.33. The largest absolute Gasteiger partial charge is 0.350 e. The topological polar surface area (TPSA) is 52.9 Å². The third kappa shape index (κ3) is 5.11. The van der Waals surface area contributed by atoms with E-state index in [0.717, 1.165) is 5.56 Å². The fourth-order valence-electron chi connectivity index (χ4n) is 2.06. The Balaban J connectivity index is 1.80. The molecular formula is C18H17FN2OS. The fraction of sp³-hybridized carbons (Fsp3) is 0.222. The Morgan fingerprint density at radius 2 is 1.96 bits per heavy atom. The van der Waals surface area contributed by atoms with E-state index in [4.69, 9.17) is 5.26 Å². The van der Waals surface area contributed by atoms with Crippen molar-refractivity contribution in [2.75, 3.05) is 5.75 Å². The first kappa shape index (κ1) is 17.0. The van der Waals surface area contributed by atoms with Gasteiger partial charge >= 0.3 is 0 Å². The molecule has 0 aromatic heterocycles. The molecule has 0 aliphatic rings. The van der Waals surface area contributed by atoms with Gasteiger partial charge in [0.15, 0.2) is 0 Å². The van der Waals surface area contributed by atoms with Crippen LogP contribution in [0.25, 0.3) is 0 Å². The van der Waals surface area contributed by atoms with E-state index in [1.54, 1.807) is 30.3 Å². The maximum Gasteiger partial charge on any atom is 0.221 e. The molecule has 0 saturated heterocycles. The molecule has 0 aliphatic carbocycles. The van der Waals surface area contributed by atoms with E-state index in [1.807, 2.05) is 19.1 Å². The van der Waals surface area contributed by atoms with Crippen molar-refractivity contribution in [3.05, 3.63) is 65.5 Å². The van der Waals surface area contributed by atoms with Crippen LogP contribution in [-0.4, -0.2) is 11.7 Å². The molecule has 1 unspecified atom stereocenters. The molecule has 2 aromatic rings. The van der Waals surface area contributed by atoms with Gasteiger partial charge < -0.3 is 5.32 Å². The molecule has 1 atom stereocenters. The van der Waals surface area contributed by atoms with E-state index >= 15 is 0 Å². The monoisotopic (exact) mass is 328 g/mol. The van der Waals surface area contributed by atoms with Crippen LogP contribution in [0.3, 0.4) is 0 Å². The van der Waals surface area contributed by atoms with Crippen LogP contribution in [0.4, 0.5) is 4.39 Å². The number of amides is 1. The molecule has 2 aromatic carbocycles. The van der Waals surface area contributed by atoms with E-state index in [1.165, 1.54) is 17.8 Å². The predicted octanol–water partition coefficient (Wildman–Crippen LogP) is 4.06. The van der Waals surface area contributed by atoms with E-state index in [0.29, 0.717) is 22.6 Å². The van der Waals surface area contributed by atoms with Crippen molar-refractivity contribution in [3.8, 4) is 6.07 Å². The van der Waals surface area contributed by atoms with Crippen LogP contribution in [0, 0.1) is 17.1 Å². The number of rotatable bonds is 6. The van der Waals surface area contributed by atoms with Gasteiger partial charge in [-0.05, 0) is 36.8 Å². The van der Waals surface area contributed by atoms with Crippen LogP contribution < -0.4 is 5.32 Å². The molecule has 5 heteroatoms. The number of nitrogens with zero attached hydrogens (tertiary/aromatic N) is 1. The number of nitrogens with one attached hydrogen (secondary N) is 1. The van der Waals surface area contributed by atoms with Gasteiger partial charge in [-0.1, -0.05) is 24.3 Å². The molecule has 118 valence electrons. The second-order valence-corrected chi connectivity index (χ2v) is 6.19. The molecule has 1 N–H and O–H groups in total. The molecule has 3 nitrogen and oxygen atoms in total. The number of nitriles is 1. The first-order valence-electron chi connectivity index (χ1n) is 7.27. The normalized spacial score (nSPS) is 11.5. The average Bonchev–Trinajstić information content (AvgIpc) is 2.56. The first-order valence-corrected chi connectivity index (χ1v) is 8.25. The molecule has 0 fully saturated rings. The van der Waals surface area contributed by atoms with Gasteiger partial charge in [-0.3, -0.25) is 4.79 Å².